The van der Waals surface area contributed by atoms with Crippen LogP contribution in [0.2, 0.25) is 0 Å². The number of hydrogen-bond acceptors (Lipinski definition) is 6. The van der Waals surface area contributed by atoms with Crippen molar-refractivity contribution < 1.29 is 9.45 Å². The molecule has 100 valence electrons. The van der Waals surface area contributed by atoms with Crippen molar-refractivity contribution in [3.05, 3.63) is 33.9 Å². The summed E-state index contributed by atoms with van der Waals surface area (Å²) in [7, 11) is 0. The van der Waals surface area contributed by atoms with Crippen LogP contribution in [0, 0.1) is 17.0 Å². The minimum atomic E-state index is -0.448. The first-order valence-electron chi connectivity index (χ1n) is 5.83. The Kier molecular flexibility index (Phi) is 3.46. The summed E-state index contributed by atoms with van der Waals surface area (Å²) >= 11 is 0. The van der Waals surface area contributed by atoms with E-state index >= 15 is 0 Å². The number of benzene rings is 1. The molecule has 0 saturated carbocycles. The third-order valence-corrected chi connectivity index (χ3v) is 2.51. The average Bonchev–Trinajstić information content (AvgIpc) is 2.76. The molecule has 0 unspecified atom stereocenters. The van der Waals surface area contributed by atoms with Gasteiger partial charge in [-0.15, -0.1) is 0 Å². The maximum Gasteiger partial charge on any atom is 0.321 e. The molecule has 0 spiro atoms. The molecule has 0 fully saturated rings. The minimum Gasteiger partial charge on any atom is -0.336 e. The van der Waals surface area contributed by atoms with E-state index in [0.29, 0.717) is 17.4 Å². The molecule has 0 amide bonds. The molecule has 7 heteroatoms. The highest BCUT2D eigenvalue weighted by Gasteiger charge is 2.15. The second kappa shape index (κ2) is 5.05. The maximum absolute atomic E-state index is 10.8. The predicted molar refractivity (Wildman–Crippen MR) is 69.9 cm³/mol. The highest BCUT2D eigenvalue weighted by molar-refractivity contribution is 5.64. The Balaban J connectivity index is 2.38. The van der Waals surface area contributed by atoms with Crippen LogP contribution in [0.3, 0.4) is 0 Å². The van der Waals surface area contributed by atoms with Gasteiger partial charge in [-0.1, -0.05) is 11.2 Å². The van der Waals surface area contributed by atoms with Gasteiger partial charge >= 0.3 is 6.01 Å². The number of non-ortho nitro benzene ring substituents is 1. The number of anilines is 1. The molecule has 2 rings (SSSR count). The van der Waals surface area contributed by atoms with E-state index in [9.17, 15) is 10.1 Å². The van der Waals surface area contributed by atoms with Crippen LogP contribution < -0.4 is 5.32 Å². The fourth-order valence-electron chi connectivity index (χ4n) is 1.60. The SMILES string of the molecule is Cc1ccc([N+](=O)[O-])cc1-c1noc(NC(C)C)n1. The van der Waals surface area contributed by atoms with Gasteiger partial charge in [0.15, 0.2) is 0 Å². The van der Waals surface area contributed by atoms with Gasteiger partial charge in [-0.3, -0.25) is 10.1 Å². The van der Waals surface area contributed by atoms with Crippen LogP contribution in [0.4, 0.5) is 11.7 Å². The van der Waals surface area contributed by atoms with Gasteiger partial charge in [-0.05, 0) is 26.3 Å². The molecule has 19 heavy (non-hydrogen) atoms. The number of hydrogen-bond donors (Lipinski definition) is 1. The lowest BCUT2D eigenvalue weighted by Gasteiger charge is -2.02. The van der Waals surface area contributed by atoms with Crippen molar-refractivity contribution in [3.63, 3.8) is 0 Å². The van der Waals surface area contributed by atoms with E-state index in [4.69, 9.17) is 4.52 Å². The summed E-state index contributed by atoms with van der Waals surface area (Å²) in [6.07, 6.45) is 0. The molecule has 1 aromatic carbocycles. The molecule has 1 aromatic heterocycles. The molecular weight excluding hydrogens is 248 g/mol. The van der Waals surface area contributed by atoms with Crippen LogP contribution in [-0.2, 0) is 0 Å². The molecule has 0 atom stereocenters. The van der Waals surface area contributed by atoms with Gasteiger partial charge < -0.3 is 9.84 Å². The van der Waals surface area contributed by atoms with Crippen molar-refractivity contribution in [2.45, 2.75) is 26.8 Å². The van der Waals surface area contributed by atoms with Crippen LogP contribution in [0.25, 0.3) is 11.4 Å². The minimum absolute atomic E-state index is 0.00349. The lowest BCUT2D eigenvalue weighted by Crippen LogP contribution is -2.09. The molecule has 1 heterocycles. The maximum atomic E-state index is 10.8. The molecule has 0 aliphatic heterocycles. The number of aromatic nitrogens is 2. The van der Waals surface area contributed by atoms with Gasteiger partial charge in [0, 0.05) is 23.7 Å². The summed E-state index contributed by atoms with van der Waals surface area (Å²) in [5, 5.41) is 17.6. The number of nitro groups is 1. The van der Waals surface area contributed by atoms with Gasteiger partial charge in [0.05, 0.1) is 4.92 Å². The topological polar surface area (TPSA) is 94.1 Å². The van der Waals surface area contributed by atoms with Gasteiger partial charge in [0.25, 0.3) is 5.69 Å². The third-order valence-electron chi connectivity index (χ3n) is 2.51. The molecular formula is C12H14N4O3. The first-order chi connectivity index (χ1) is 8.97. The smallest absolute Gasteiger partial charge is 0.321 e. The second-order valence-electron chi connectivity index (χ2n) is 4.48. The second-order valence-corrected chi connectivity index (χ2v) is 4.48. The van der Waals surface area contributed by atoms with Crippen molar-refractivity contribution >= 4 is 11.7 Å². The van der Waals surface area contributed by atoms with Crippen LogP contribution in [0.15, 0.2) is 22.7 Å². The van der Waals surface area contributed by atoms with E-state index in [1.54, 1.807) is 6.07 Å². The highest BCUT2D eigenvalue weighted by Crippen LogP contribution is 2.26. The van der Waals surface area contributed by atoms with Crippen LogP contribution >= 0.6 is 0 Å². The Morgan fingerprint density at radius 2 is 2.16 bits per heavy atom. The van der Waals surface area contributed by atoms with Crippen molar-refractivity contribution in [1.29, 1.82) is 0 Å². The molecule has 0 aliphatic carbocycles. The van der Waals surface area contributed by atoms with E-state index < -0.39 is 4.92 Å². The van der Waals surface area contributed by atoms with Crippen LogP contribution in [0.1, 0.15) is 19.4 Å². The monoisotopic (exact) mass is 262 g/mol. The average molecular weight is 262 g/mol. The summed E-state index contributed by atoms with van der Waals surface area (Å²) in [6, 6.07) is 5.03. The highest BCUT2D eigenvalue weighted by atomic mass is 16.6. The fourth-order valence-corrected chi connectivity index (χ4v) is 1.60. The van der Waals surface area contributed by atoms with E-state index in [2.05, 4.69) is 15.5 Å². The molecule has 1 N–H and O–H groups in total. The van der Waals surface area contributed by atoms with Crippen LogP contribution in [0.5, 0.6) is 0 Å². The first-order valence-corrected chi connectivity index (χ1v) is 5.83. The Bertz CT molecular complexity index is 607. The van der Waals surface area contributed by atoms with E-state index in [-0.39, 0.29) is 11.7 Å². The van der Waals surface area contributed by atoms with E-state index in [1.807, 2.05) is 20.8 Å². The summed E-state index contributed by atoms with van der Waals surface area (Å²) in [4.78, 5) is 14.5. The van der Waals surface area contributed by atoms with E-state index in [1.165, 1.54) is 12.1 Å². The first kappa shape index (κ1) is 13.0. The van der Waals surface area contributed by atoms with Crippen molar-refractivity contribution in [3.8, 4) is 11.4 Å². The van der Waals surface area contributed by atoms with Crippen molar-refractivity contribution in [2.75, 3.05) is 5.32 Å². The third kappa shape index (κ3) is 2.87. The lowest BCUT2D eigenvalue weighted by atomic mass is 10.1. The van der Waals surface area contributed by atoms with Gasteiger partial charge in [-0.2, -0.15) is 4.98 Å². The Morgan fingerprint density at radius 3 is 2.79 bits per heavy atom. The van der Waals surface area contributed by atoms with Gasteiger partial charge in [0.1, 0.15) is 0 Å². The zero-order valence-corrected chi connectivity index (χ0v) is 10.9. The molecule has 7 nitrogen and oxygen atoms in total. The zero-order chi connectivity index (χ0) is 14.0. The van der Waals surface area contributed by atoms with Crippen LogP contribution in [-0.4, -0.2) is 21.1 Å². The lowest BCUT2D eigenvalue weighted by molar-refractivity contribution is -0.384. The number of nitrogens with zero attached hydrogens (tertiary/aromatic N) is 3. The largest absolute Gasteiger partial charge is 0.336 e. The molecule has 0 radical (unpaired) electrons. The number of nitro benzene ring substituents is 1. The summed E-state index contributed by atoms with van der Waals surface area (Å²) in [5.41, 5.74) is 1.45. The Morgan fingerprint density at radius 1 is 1.42 bits per heavy atom. The molecule has 2 aromatic rings. The van der Waals surface area contributed by atoms with Gasteiger partial charge in [-0.25, -0.2) is 0 Å². The summed E-state index contributed by atoms with van der Waals surface area (Å²) < 4.78 is 5.04. The fraction of sp³-hybridized carbons (Fsp3) is 0.333. The van der Waals surface area contributed by atoms with E-state index in [0.717, 1.165) is 5.56 Å². The number of aryl methyl sites for hydroxylation is 1. The van der Waals surface area contributed by atoms with Crippen molar-refractivity contribution in [1.82, 2.24) is 10.1 Å². The summed E-state index contributed by atoms with van der Waals surface area (Å²) in [5.74, 6) is 0.337. The Hall–Kier alpha value is -2.44. The summed E-state index contributed by atoms with van der Waals surface area (Å²) in [6.45, 7) is 5.73. The number of nitrogens with one attached hydrogen (secondary N) is 1. The van der Waals surface area contributed by atoms with Crippen molar-refractivity contribution in [2.24, 2.45) is 0 Å². The zero-order valence-electron chi connectivity index (χ0n) is 10.9. The van der Waals surface area contributed by atoms with Gasteiger partial charge in [0.2, 0.25) is 5.82 Å². The molecule has 0 bridgehead atoms. The quantitative estimate of drug-likeness (QED) is 0.672. The molecule has 0 aliphatic rings. The predicted octanol–water partition coefficient (Wildman–Crippen LogP) is 2.77. The normalized spacial score (nSPS) is 10.7. The Labute approximate surface area is 109 Å². The number of rotatable bonds is 4. The standard InChI is InChI=1S/C12H14N4O3/c1-7(2)13-12-14-11(15-19-12)10-6-9(16(17)18)5-4-8(10)3/h4-7H,1-3H3,(H,13,14,15). The molecule has 0 saturated heterocycles.